The van der Waals surface area contributed by atoms with Crippen molar-refractivity contribution in [1.29, 1.82) is 0 Å². The minimum absolute atomic E-state index is 0.823. The van der Waals surface area contributed by atoms with Crippen molar-refractivity contribution >= 4 is 22.2 Å². The van der Waals surface area contributed by atoms with Crippen molar-refractivity contribution in [3.63, 3.8) is 0 Å². The Bertz CT molecular complexity index is 690. The van der Waals surface area contributed by atoms with Crippen LogP contribution >= 0.6 is 11.3 Å². The van der Waals surface area contributed by atoms with Crippen LogP contribution in [0.1, 0.15) is 15.4 Å². The molecule has 0 saturated heterocycles. The van der Waals surface area contributed by atoms with Crippen LogP contribution in [0.4, 0.5) is 0 Å². The molecule has 0 aliphatic carbocycles. The molecule has 3 aromatic rings. The van der Waals surface area contributed by atoms with Crippen LogP contribution in [0.2, 0.25) is 0 Å². The predicted octanol–water partition coefficient (Wildman–Crippen LogP) is 3.29. The van der Waals surface area contributed by atoms with E-state index in [-0.39, 0.29) is 0 Å². The highest BCUT2D eigenvalue weighted by molar-refractivity contribution is 7.11. The molecule has 0 spiro atoms. The summed E-state index contributed by atoms with van der Waals surface area (Å²) in [6.45, 7) is 3.75. The van der Waals surface area contributed by atoms with Gasteiger partial charge in [-0.15, -0.1) is 11.3 Å². The van der Waals surface area contributed by atoms with Gasteiger partial charge in [-0.05, 0) is 30.7 Å². The second kappa shape index (κ2) is 5.47. The summed E-state index contributed by atoms with van der Waals surface area (Å²) >= 11 is 1.74. The van der Waals surface area contributed by atoms with E-state index < -0.39 is 0 Å². The zero-order valence-corrected chi connectivity index (χ0v) is 11.6. The van der Waals surface area contributed by atoms with E-state index in [2.05, 4.69) is 46.5 Å². The summed E-state index contributed by atoms with van der Waals surface area (Å²) in [6.07, 6.45) is 3.74. The maximum atomic E-state index is 4.34. The molecular formula is C15H15N3S. The van der Waals surface area contributed by atoms with E-state index >= 15 is 0 Å². The van der Waals surface area contributed by atoms with Gasteiger partial charge in [-0.1, -0.05) is 12.1 Å². The van der Waals surface area contributed by atoms with Crippen LogP contribution in [0, 0.1) is 6.92 Å². The highest BCUT2D eigenvalue weighted by atomic mass is 32.1. The van der Waals surface area contributed by atoms with Gasteiger partial charge in [0, 0.05) is 35.7 Å². The Kier molecular flexibility index (Phi) is 3.53. The van der Waals surface area contributed by atoms with Gasteiger partial charge in [0.1, 0.15) is 5.01 Å². The zero-order chi connectivity index (χ0) is 13.1. The quantitative estimate of drug-likeness (QED) is 0.789. The van der Waals surface area contributed by atoms with Gasteiger partial charge in [-0.3, -0.25) is 4.98 Å². The number of benzene rings is 1. The Labute approximate surface area is 116 Å². The fraction of sp³-hybridized carbons (Fsp3) is 0.200. The Morgan fingerprint density at radius 1 is 1.16 bits per heavy atom. The second-order valence-electron chi connectivity index (χ2n) is 4.50. The molecule has 96 valence electrons. The molecule has 3 nitrogen and oxygen atoms in total. The number of aromatic nitrogens is 2. The van der Waals surface area contributed by atoms with Gasteiger partial charge in [-0.2, -0.15) is 0 Å². The third kappa shape index (κ3) is 2.97. The number of fused-ring (bicyclic) bond motifs is 1. The standard InChI is InChI=1S/C15H15N3S/c1-11-8-18-15(19-11)10-16-9-12-4-5-14-13(7-12)3-2-6-17-14/h2-8,16H,9-10H2,1H3. The Morgan fingerprint density at radius 2 is 2.11 bits per heavy atom. The lowest BCUT2D eigenvalue weighted by molar-refractivity contribution is 0.690. The monoisotopic (exact) mass is 269 g/mol. The summed E-state index contributed by atoms with van der Waals surface area (Å²) in [7, 11) is 0. The van der Waals surface area contributed by atoms with Crippen molar-refractivity contribution in [2.75, 3.05) is 0 Å². The third-order valence-electron chi connectivity index (χ3n) is 2.94. The summed E-state index contributed by atoms with van der Waals surface area (Å²) in [5, 5.41) is 5.75. The fourth-order valence-electron chi connectivity index (χ4n) is 2.03. The molecule has 0 atom stereocenters. The van der Waals surface area contributed by atoms with E-state index in [0.717, 1.165) is 23.6 Å². The minimum Gasteiger partial charge on any atom is -0.306 e. The number of nitrogens with one attached hydrogen (secondary N) is 1. The molecule has 0 aliphatic rings. The van der Waals surface area contributed by atoms with Gasteiger partial charge in [0.25, 0.3) is 0 Å². The molecule has 0 fully saturated rings. The van der Waals surface area contributed by atoms with E-state index in [1.807, 2.05) is 18.5 Å². The summed E-state index contributed by atoms with van der Waals surface area (Å²) in [6, 6.07) is 10.4. The van der Waals surface area contributed by atoms with Crippen LogP contribution in [0.25, 0.3) is 10.9 Å². The highest BCUT2D eigenvalue weighted by Crippen LogP contribution is 2.14. The first-order valence-corrected chi connectivity index (χ1v) is 7.08. The Hall–Kier alpha value is -1.78. The molecule has 1 aromatic carbocycles. The van der Waals surface area contributed by atoms with Crippen molar-refractivity contribution in [2.24, 2.45) is 0 Å². The van der Waals surface area contributed by atoms with Crippen molar-refractivity contribution < 1.29 is 0 Å². The molecule has 0 saturated carbocycles. The van der Waals surface area contributed by atoms with Crippen LogP contribution in [0.3, 0.4) is 0 Å². The van der Waals surface area contributed by atoms with Crippen LogP contribution in [-0.4, -0.2) is 9.97 Å². The van der Waals surface area contributed by atoms with Crippen LogP contribution in [0.5, 0.6) is 0 Å². The van der Waals surface area contributed by atoms with E-state index in [1.54, 1.807) is 11.3 Å². The molecule has 19 heavy (non-hydrogen) atoms. The number of hydrogen-bond donors (Lipinski definition) is 1. The molecule has 2 heterocycles. The molecule has 4 heteroatoms. The third-order valence-corrected chi connectivity index (χ3v) is 3.85. The molecule has 2 aromatic heterocycles. The summed E-state index contributed by atoms with van der Waals surface area (Å²) < 4.78 is 0. The van der Waals surface area contributed by atoms with Crippen LogP contribution in [0.15, 0.2) is 42.7 Å². The maximum absolute atomic E-state index is 4.34. The first kappa shape index (κ1) is 12.3. The van der Waals surface area contributed by atoms with Crippen LogP contribution < -0.4 is 5.32 Å². The lowest BCUT2D eigenvalue weighted by Crippen LogP contribution is -2.12. The van der Waals surface area contributed by atoms with Gasteiger partial charge < -0.3 is 5.32 Å². The lowest BCUT2D eigenvalue weighted by Gasteiger charge is -2.04. The molecule has 0 unspecified atom stereocenters. The topological polar surface area (TPSA) is 37.8 Å². The number of rotatable bonds is 4. The first-order valence-electron chi connectivity index (χ1n) is 6.27. The molecular weight excluding hydrogens is 254 g/mol. The SMILES string of the molecule is Cc1cnc(CNCc2ccc3ncccc3c2)s1. The van der Waals surface area contributed by atoms with E-state index in [1.165, 1.54) is 15.8 Å². The van der Waals surface area contributed by atoms with Crippen molar-refractivity contribution in [3.05, 3.63) is 58.2 Å². The largest absolute Gasteiger partial charge is 0.306 e. The van der Waals surface area contributed by atoms with E-state index in [9.17, 15) is 0 Å². The van der Waals surface area contributed by atoms with E-state index in [0.29, 0.717) is 0 Å². The average Bonchev–Trinajstić information content (AvgIpc) is 2.84. The molecule has 3 rings (SSSR count). The van der Waals surface area contributed by atoms with Gasteiger partial charge in [-0.25, -0.2) is 4.98 Å². The summed E-state index contributed by atoms with van der Waals surface area (Å²) in [5.41, 5.74) is 2.32. The van der Waals surface area contributed by atoms with Gasteiger partial charge in [0.15, 0.2) is 0 Å². The Balaban J connectivity index is 1.65. The van der Waals surface area contributed by atoms with Gasteiger partial charge in [0.05, 0.1) is 5.52 Å². The maximum Gasteiger partial charge on any atom is 0.107 e. The predicted molar refractivity (Wildman–Crippen MR) is 79.1 cm³/mol. The number of aryl methyl sites for hydroxylation is 1. The molecule has 0 amide bonds. The average molecular weight is 269 g/mol. The van der Waals surface area contributed by atoms with Crippen molar-refractivity contribution in [1.82, 2.24) is 15.3 Å². The number of pyridine rings is 1. The fourth-order valence-corrected chi connectivity index (χ4v) is 2.79. The van der Waals surface area contributed by atoms with Crippen LogP contribution in [-0.2, 0) is 13.1 Å². The first-order chi connectivity index (χ1) is 9.31. The minimum atomic E-state index is 0.823. The highest BCUT2D eigenvalue weighted by Gasteiger charge is 2.00. The number of nitrogens with zero attached hydrogens (tertiary/aromatic N) is 2. The zero-order valence-electron chi connectivity index (χ0n) is 10.8. The van der Waals surface area contributed by atoms with Crippen molar-refractivity contribution in [2.45, 2.75) is 20.0 Å². The normalized spacial score (nSPS) is 11.0. The Morgan fingerprint density at radius 3 is 2.95 bits per heavy atom. The summed E-state index contributed by atoms with van der Waals surface area (Å²) in [4.78, 5) is 9.93. The molecule has 1 N–H and O–H groups in total. The molecule has 0 radical (unpaired) electrons. The second-order valence-corrected chi connectivity index (χ2v) is 5.82. The summed E-state index contributed by atoms with van der Waals surface area (Å²) in [5.74, 6) is 0. The van der Waals surface area contributed by atoms with Crippen molar-refractivity contribution in [3.8, 4) is 0 Å². The van der Waals surface area contributed by atoms with Gasteiger partial charge in [0.2, 0.25) is 0 Å². The number of thiazole rings is 1. The lowest BCUT2D eigenvalue weighted by atomic mass is 10.1. The van der Waals surface area contributed by atoms with E-state index in [4.69, 9.17) is 0 Å². The van der Waals surface area contributed by atoms with Gasteiger partial charge >= 0.3 is 0 Å². The number of hydrogen-bond acceptors (Lipinski definition) is 4. The smallest absolute Gasteiger partial charge is 0.107 e. The molecule has 0 bridgehead atoms. The molecule has 0 aliphatic heterocycles.